The maximum absolute atomic E-state index is 6.35. The van der Waals surface area contributed by atoms with Crippen LogP contribution in [-0.4, -0.2) is 32.0 Å². The monoisotopic (exact) mass is 391 g/mol. The fourth-order valence-electron chi connectivity index (χ4n) is 4.73. The summed E-state index contributed by atoms with van der Waals surface area (Å²) in [5.41, 5.74) is 4.34. The van der Waals surface area contributed by atoms with E-state index in [4.69, 9.17) is 21.1 Å². The lowest BCUT2D eigenvalue weighted by Gasteiger charge is -2.42. The Morgan fingerprint density at radius 2 is 1.54 bits per heavy atom. The Morgan fingerprint density at radius 1 is 0.857 bits per heavy atom. The van der Waals surface area contributed by atoms with Crippen molar-refractivity contribution in [2.75, 3.05) is 25.1 Å². The number of rotatable bonds is 3. The molecule has 0 amide bonds. The fraction of sp³-hybridized carbons (Fsp3) is 0.250. The van der Waals surface area contributed by atoms with E-state index in [1.54, 1.807) is 0 Å². The maximum atomic E-state index is 6.35. The van der Waals surface area contributed by atoms with Crippen LogP contribution in [0.3, 0.4) is 0 Å². The molecule has 28 heavy (non-hydrogen) atoms. The lowest BCUT2D eigenvalue weighted by Crippen LogP contribution is -2.52. The fourth-order valence-corrected chi connectivity index (χ4v) is 4.90. The number of hydrogen-bond acceptors (Lipinski definition) is 3. The zero-order chi connectivity index (χ0) is 19.0. The average molecular weight is 392 g/mol. The third kappa shape index (κ3) is 2.74. The van der Waals surface area contributed by atoms with Crippen molar-refractivity contribution in [2.45, 2.75) is 17.6 Å². The Labute approximate surface area is 170 Å². The van der Waals surface area contributed by atoms with Crippen molar-refractivity contribution >= 4 is 17.3 Å². The van der Waals surface area contributed by atoms with E-state index in [0.717, 1.165) is 10.7 Å². The van der Waals surface area contributed by atoms with Gasteiger partial charge in [0.1, 0.15) is 6.10 Å². The van der Waals surface area contributed by atoms with Crippen LogP contribution in [0.2, 0.25) is 5.02 Å². The van der Waals surface area contributed by atoms with Gasteiger partial charge in [0.05, 0.1) is 31.3 Å². The van der Waals surface area contributed by atoms with E-state index in [0.29, 0.717) is 19.8 Å². The molecule has 0 aliphatic carbocycles. The van der Waals surface area contributed by atoms with Crippen LogP contribution in [0.5, 0.6) is 0 Å². The summed E-state index contributed by atoms with van der Waals surface area (Å²) in [7, 11) is 0. The van der Waals surface area contributed by atoms with E-state index in [-0.39, 0.29) is 12.1 Å². The third-order valence-electron chi connectivity index (χ3n) is 5.86. The van der Waals surface area contributed by atoms with Crippen molar-refractivity contribution in [3.05, 3.63) is 101 Å². The first-order valence-corrected chi connectivity index (χ1v) is 10.0. The van der Waals surface area contributed by atoms with E-state index in [1.165, 1.54) is 16.7 Å². The van der Waals surface area contributed by atoms with Crippen LogP contribution < -0.4 is 5.32 Å². The molecule has 1 fully saturated rings. The van der Waals surface area contributed by atoms with E-state index in [1.807, 2.05) is 12.1 Å². The van der Waals surface area contributed by atoms with Crippen molar-refractivity contribution in [1.82, 2.24) is 0 Å². The minimum atomic E-state index is -0.395. The second-order valence-electron chi connectivity index (χ2n) is 7.34. The van der Waals surface area contributed by atoms with Crippen molar-refractivity contribution in [2.24, 2.45) is 0 Å². The molecular weight excluding hydrogens is 370 g/mol. The molecule has 0 aromatic heterocycles. The summed E-state index contributed by atoms with van der Waals surface area (Å²) in [5, 5.41) is 4.47. The van der Waals surface area contributed by atoms with Crippen molar-refractivity contribution in [3.8, 4) is 0 Å². The third-order valence-corrected chi connectivity index (χ3v) is 6.09. The Morgan fingerprint density at radius 3 is 2.14 bits per heavy atom. The highest BCUT2D eigenvalue weighted by atomic mass is 35.5. The largest absolute Gasteiger partial charge is 0.378 e. The first-order chi connectivity index (χ1) is 13.8. The predicted molar refractivity (Wildman–Crippen MR) is 112 cm³/mol. The summed E-state index contributed by atoms with van der Waals surface area (Å²) in [6.45, 7) is 1.83. The van der Waals surface area contributed by atoms with Gasteiger partial charge in [-0.05, 0) is 28.8 Å². The molecule has 1 saturated heterocycles. The van der Waals surface area contributed by atoms with E-state index >= 15 is 0 Å². The zero-order valence-corrected chi connectivity index (χ0v) is 16.2. The lowest BCUT2D eigenvalue weighted by molar-refractivity contribution is -0.0981. The molecule has 5 rings (SSSR count). The Hall–Kier alpha value is -2.33. The number of ether oxygens (including phenoxy) is 2. The molecule has 0 radical (unpaired) electrons. The molecule has 1 N–H and O–H groups in total. The minimum absolute atomic E-state index is 0.00827. The summed E-state index contributed by atoms with van der Waals surface area (Å²) in [6, 6.07) is 27.5. The molecule has 2 aliphatic rings. The van der Waals surface area contributed by atoms with Crippen molar-refractivity contribution in [3.63, 3.8) is 0 Å². The molecule has 0 bridgehead atoms. The molecule has 0 spiro atoms. The van der Waals surface area contributed by atoms with Gasteiger partial charge in [-0.3, -0.25) is 0 Å². The molecule has 2 aliphatic heterocycles. The number of nitrogens with one attached hydrogen (secondary N) is 1. The van der Waals surface area contributed by atoms with Gasteiger partial charge in [0.15, 0.2) is 0 Å². The highest BCUT2D eigenvalue weighted by molar-refractivity contribution is 6.30. The Balaban J connectivity index is 1.79. The van der Waals surface area contributed by atoms with Gasteiger partial charge in [-0.15, -0.1) is 0 Å². The summed E-state index contributed by atoms with van der Waals surface area (Å²) in [4.78, 5) is 0. The van der Waals surface area contributed by atoms with Gasteiger partial charge in [-0.2, -0.15) is 0 Å². The van der Waals surface area contributed by atoms with Gasteiger partial charge in [-0.25, -0.2) is 0 Å². The number of halogens is 1. The van der Waals surface area contributed by atoms with Gasteiger partial charge in [0, 0.05) is 10.7 Å². The van der Waals surface area contributed by atoms with E-state index < -0.39 is 5.41 Å². The first-order valence-electron chi connectivity index (χ1n) is 9.67. The number of fused-ring (bicyclic) bond motifs is 1. The zero-order valence-electron chi connectivity index (χ0n) is 15.5. The van der Waals surface area contributed by atoms with Crippen molar-refractivity contribution < 1.29 is 9.47 Å². The van der Waals surface area contributed by atoms with E-state index in [9.17, 15) is 0 Å². The van der Waals surface area contributed by atoms with Gasteiger partial charge in [0.2, 0.25) is 0 Å². The molecule has 4 heteroatoms. The second kappa shape index (κ2) is 7.25. The highest BCUT2D eigenvalue weighted by Crippen LogP contribution is 2.52. The normalized spacial score (nSPS) is 23.0. The summed E-state index contributed by atoms with van der Waals surface area (Å²) < 4.78 is 12.0. The maximum Gasteiger partial charge on any atom is 0.102 e. The Kier molecular flexibility index (Phi) is 4.59. The van der Waals surface area contributed by atoms with Crippen LogP contribution in [0.4, 0.5) is 5.69 Å². The van der Waals surface area contributed by atoms with Crippen LogP contribution in [0.1, 0.15) is 16.7 Å². The standard InChI is InChI=1S/C24H22ClNO2/c25-19-11-12-20-21(15-19)26-23(22-16-27-13-14-28-22)24(20,17-7-3-1-4-8-17)18-9-5-2-6-10-18/h1-12,15,22-23,26H,13-14,16H2. The van der Waals surface area contributed by atoms with Crippen molar-refractivity contribution in [1.29, 1.82) is 0 Å². The second-order valence-corrected chi connectivity index (χ2v) is 7.77. The van der Waals surface area contributed by atoms with Crippen LogP contribution in [0.15, 0.2) is 78.9 Å². The molecular formula is C24H22ClNO2. The van der Waals surface area contributed by atoms with Gasteiger partial charge < -0.3 is 14.8 Å². The smallest absolute Gasteiger partial charge is 0.102 e. The number of anilines is 1. The number of benzene rings is 3. The molecule has 3 aromatic carbocycles. The minimum Gasteiger partial charge on any atom is -0.378 e. The lowest BCUT2D eigenvalue weighted by atomic mass is 9.65. The molecule has 3 nitrogen and oxygen atoms in total. The average Bonchev–Trinajstić information content (AvgIpc) is 3.10. The molecule has 142 valence electrons. The van der Waals surface area contributed by atoms with E-state index in [2.05, 4.69) is 72.0 Å². The number of hydrogen-bond donors (Lipinski definition) is 1. The molecule has 2 unspecified atom stereocenters. The summed E-state index contributed by atoms with van der Waals surface area (Å²) in [5.74, 6) is 0. The van der Waals surface area contributed by atoms with Crippen LogP contribution in [0.25, 0.3) is 0 Å². The first kappa shape index (κ1) is 17.7. The van der Waals surface area contributed by atoms with Gasteiger partial charge in [-0.1, -0.05) is 78.3 Å². The van der Waals surface area contributed by atoms with Gasteiger partial charge >= 0.3 is 0 Å². The predicted octanol–water partition coefficient (Wildman–Crippen LogP) is 4.88. The molecule has 2 atom stereocenters. The van der Waals surface area contributed by atoms with Crippen LogP contribution >= 0.6 is 11.6 Å². The Bertz CT molecular complexity index is 915. The summed E-state index contributed by atoms with van der Waals surface area (Å²) in [6.07, 6.45) is -0.0691. The SMILES string of the molecule is Clc1ccc2c(c1)NC(C1COCCO1)C2(c1ccccc1)c1ccccc1. The molecule has 2 heterocycles. The van der Waals surface area contributed by atoms with Gasteiger partial charge in [0.25, 0.3) is 0 Å². The quantitative estimate of drug-likeness (QED) is 0.690. The van der Waals surface area contributed by atoms with Crippen LogP contribution in [-0.2, 0) is 14.9 Å². The van der Waals surface area contributed by atoms with Crippen LogP contribution in [0, 0.1) is 0 Å². The topological polar surface area (TPSA) is 30.5 Å². The molecule has 3 aromatic rings. The highest BCUT2D eigenvalue weighted by Gasteiger charge is 2.53. The summed E-state index contributed by atoms with van der Waals surface area (Å²) >= 11 is 6.35. The molecule has 0 saturated carbocycles.